The van der Waals surface area contributed by atoms with E-state index < -0.39 is 36.3 Å². The average molecular weight is 283 g/mol. The first-order chi connectivity index (χ1) is 9.48. The second kappa shape index (κ2) is 4.52. The van der Waals surface area contributed by atoms with E-state index in [4.69, 9.17) is 10.5 Å². The van der Waals surface area contributed by atoms with Crippen LogP contribution in [-0.2, 0) is 4.74 Å². The van der Waals surface area contributed by atoms with Crippen molar-refractivity contribution in [1.29, 1.82) is 0 Å². The molecule has 4 atom stereocenters. The lowest BCUT2D eigenvalue weighted by molar-refractivity contribution is -0.107. The molecule has 0 radical (unpaired) electrons. The zero-order valence-corrected chi connectivity index (χ0v) is 10.7. The molecule has 0 bridgehead atoms. The van der Waals surface area contributed by atoms with Gasteiger partial charge in [0.25, 0.3) is 0 Å². The number of aliphatic hydroxyl groups is 3. The molecule has 2 heterocycles. The summed E-state index contributed by atoms with van der Waals surface area (Å²) in [6, 6.07) is 1.40. The fourth-order valence-corrected chi connectivity index (χ4v) is 2.85. The van der Waals surface area contributed by atoms with Crippen molar-refractivity contribution in [3.8, 4) is 0 Å². The van der Waals surface area contributed by atoms with Crippen molar-refractivity contribution in [2.75, 3.05) is 12.3 Å². The Morgan fingerprint density at radius 3 is 2.80 bits per heavy atom. The van der Waals surface area contributed by atoms with Gasteiger partial charge in [-0.1, -0.05) is 0 Å². The standard InChI is InChI=1S/C12H17N3O5/c13-8-3-4-15(11(18)14-8)10-9(17)12(19,6-1-2-6)7(5-16)20-10/h3-4,6-7,9-10,16-17,19H,1-2,5H2,(H2,13,14,18)/t7-,9+,10-,12-/m1/s1. The quantitative estimate of drug-likeness (QED) is 0.515. The lowest BCUT2D eigenvalue weighted by Crippen LogP contribution is -2.51. The molecule has 5 N–H and O–H groups in total. The number of ether oxygens (including phenoxy) is 1. The Labute approximate surface area is 114 Å². The van der Waals surface area contributed by atoms with E-state index in [2.05, 4.69) is 4.98 Å². The van der Waals surface area contributed by atoms with Crippen LogP contribution in [-0.4, -0.2) is 49.3 Å². The van der Waals surface area contributed by atoms with Gasteiger partial charge >= 0.3 is 5.69 Å². The van der Waals surface area contributed by atoms with Gasteiger partial charge in [0.05, 0.1) is 6.61 Å². The molecule has 1 aliphatic heterocycles. The van der Waals surface area contributed by atoms with Gasteiger partial charge in [-0.25, -0.2) is 4.79 Å². The number of hydrogen-bond acceptors (Lipinski definition) is 7. The Kier molecular flexibility index (Phi) is 3.05. The molecule has 0 aromatic carbocycles. The van der Waals surface area contributed by atoms with E-state index in [0.29, 0.717) is 0 Å². The van der Waals surface area contributed by atoms with E-state index in [1.807, 2.05) is 0 Å². The van der Waals surface area contributed by atoms with Crippen LogP contribution in [0, 0.1) is 5.92 Å². The van der Waals surface area contributed by atoms with Crippen molar-refractivity contribution >= 4 is 5.82 Å². The van der Waals surface area contributed by atoms with Gasteiger partial charge in [-0.2, -0.15) is 4.98 Å². The largest absolute Gasteiger partial charge is 0.394 e. The molecule has 8 nitrogen and oxygen atoms in total. The van der Waals surface area contributed by atoms with Crippen LogP contribution in [0.4, 0.5) is 5.82 Å². The van der Waals surface area contributed by atoms with Crippen molar-refractivity contribution in [2.24, 2.45) is 5.92 Å². The Hall–Kier alpha value is -1.48. The summed E-state index contributed by atoms with van der Waals surface area (Å²) in [6.45, 7) is -0.433. The number of hydrogen-bond donors (Lipinski definition) is 4. The molecule has 1 aromatic heterocycles. The topological polar surface area (TPSA) is 131 Å². The first-order valence-corrected chi connectivity index (χ1v) is 6.50. The summed E-state index contributed by atoms with van der Waals surface area (Å²) in [4.78, 5) is 15.4. The summed E-state index contributed by atoms with van der Waals surface area (Å²) < 4.78 is 6.55. The van der Waals surface area contributed by atoms with E-state index >= 15 is 0 Å². The number of anilines is 1. The molecule has 0 unspecified atom stereocenters. The van der Waals surface area contributed by atoms with Crippen molar-refractivity contribution in [3.63, 3.8) is 0 Å². The molecular weight excluding hydrogens is 266 g/mol. The predicted octanol–water partition coefficient (Wildman–Crippen LogP) is -1.78. The van der Waals surface area contributed by atoms with Crippen LogP contribution in [0.15, 0.2) is 17.1 Å². The number of aliphatic hydroxyl groups excluding tert-OH is 2. The minimum absolute atomic E-state index is 0.0647. The van der Waals surface area contributed by atoms with E-state index in [9.17, 15) is 20.1 Å². The van der Waals surface area contributed by atoms with E-state index in [1.165, 1.54) is 12.3 Å². The number of rotatable bonds is 3. The van der Waals surface area contributed by atoms with Gasteiger partial charge < -0.3 is 25.8 Å². The number of nitrogens with two attached hydrogens (primary N) is 1. The maximum atomic E-state index is 11.8. The minimum Gasteiger partial charge on any atom is -0.394 e. The molecule has 0 amide bonds. The van der Waals surface area contributed by atoms with Crippen molar-refractivity contribution < 1.29 is 20.1 Å². The zero-order valence-electron chi connectivity index (χ0n) is 10.7. The Balaban J connectivity index is 1.97. The normalized spacial score (nSPS) is 37.2. The van der Waals surface area contributed by atoms with Gasteiger partial charge in [0, 0.05) is 6.20 Å². The number of nitrogen functional groups attached to an aromatic ring is 1. The van der Waals surface area contributed by atoms with Crippen molar-refractivity contribution in [3.05, 3.63) is 22.7 Å². The average Bonchev–Trinajstić information content (AvgIpc) is 3.21. The molecule has 2 fully saturated rings. The molecule has 20 heavy (non-hydrogen) atoms. The monoisotopic (exact) mass is 283 g/mol. The highest BCUT2D eigenvalue weighted by Gasteiger charge is 2.62. The van der Waals surface area contributed by atoms with Gasteiger partial charge in [-0.3, -0.25) is 4.57 Å². The Morgan fingerprint density at radius 2 is 2.25 bits per heavy atom. The minimum atomic E-state index is -1.54. The van der Waals surface area contributed by atoms with Gasteiger partial charge in [0.15, 0.2) is 6.23 Å². The predicted molar refractivity (Wildman–Crippen MR) is 67.6 cm³/mol. The van der Waals surface area contributed by atoms with Crippen LogP contribution in [0.3, 0.4) is 0 Å². The molecule has 1 saturated carbocycles. The third-order valence-corrected chi connectivity index (χ3v) is 4.09. The van der Waals surface area contributed by atoms with Gasteiger partial charge in [-0.05, 0) is 24.8 Å². The summed E-state index contributed by atoms with van der Waals surface area (Å²) in [5.41, 5.74) is 3.19. The second-order valence-electron chi connectivity index (χ2n) is 5.35. The van der Waals surface area contributed by atoms with Gasteiger partial charge in [0.1, 0.15) is 23.6 Å². The lowest BCUT2D eigenvalue weighted by atomic mass is 9.87. The smallest absolute Gasteiger partial charge is 0.351 e. The molecule has 8 heteroatoms. The van der Waals surface area contributed by atoms with Gasteiger partial charge in [-0.15, -0.1) is 0 Å². The highest BCUT2D eigenvalue weighted by atomic mass is 16.6. The van der Waals surface area contributed by atoms with Gasteiger partial charge in [0.2, 0.25) is 0 Å². The summed E-state index contributed by atoms with van der Waals surface area (Å²) in [6.07, 6.45) is -0.455. The maximum Gasteiger partial charge on any atom is 0.351 e. The fourth-order valence-electron chi connectivity index (χ4n) is 2.85. The summed E-state index contributed by atoms with van der Waals surface area (Å²) >= 11 is 0. The third kappa shape index (κ3) is 1.84. The van der Waals surface area contributed by atoms with Crippen LogP contribution in [0.1, 0.15) is 19.1 Å². The highest BCUT2D eigenvalue weighted by Crippen LogP contribution is 2.50. The fraction of sp³-hybridized carbons (Fsp3) is 0.667. The molecule has 1 aliphatic carbocycles. The highest BCUT2D eigenvalue weighted by molar-refractivity contribution is 5.24. The molecule has 3 rings (SSSR count). The summed E-state index contributed by atoms with van der Waals surface area (Å²) in [7, 11) is 0. The zero-order chi connectivity index (χ0) is 14.5. The molecule has 0 spiro atoms. The molecule has 1 saturated heterocycles. The van der Waals surface area contributed by atoms with E-state index in [1.54, 1.807) is 0 Å². The molecule has 110 valence electrons. The Bertz CT molecular complexity index is 572. The maximum absolute atomic E-state index is 11.8. The summed E-state index contributed by atoms with van der Waals surface area (Å²) in [5.74, 6) is -0.0630. The van der Waals surface area contributed by atoms with Crippen molar-refractivity contribution in [2.45, 2.75) is 36.9 Å². The van der Waals surface area contributed by atoms with E-state index in [-0.39, 0.29) is 11.7 Å². The second-order valence-corrected chi connectivity index (χ2v) is 5.35. The molecule has 1 aromatic rings. The number of nitrogens with zero attached hydrogens (tertiary/aromatic N) is 2. The third-order valence-electron chi connectivity index (χ3n) is 4.09. The van der Waals surface area contributed by atoms with Crippen LogP contribution >= 0.6 is 0 Å². The molecule has 2 aliphatic rings. The first kappa shape index (κ1) is 13.5. The Morgan fingerprint density at radius 1 is 1.55 bits per heavy atom. The first-order valence-electron chi connectivity index (χ1n) is 6.50. The van der Waals surface area contributed by atoms with Crippen LogP contribution in [0.25, 0.3) is 0 Å². The van der Waals surface area contributed by atoms with Crippen LogP contribution in [0.5, 0.6) is 0 Å². The van der Waals surface area contributed by atoms with E-state index in [0.717, 1.165) is 17.4 Å². The summed E-state index contributed by atoms with van der Waals surface area (Å²) in [5, 5.41) is 30.4. The lowest BCUT2D eigenvalue weighted by Gasteiger charge is -2.30. The SMILES string of the molecule is Nc1ccn([C@@H]2O[C@H](CO)[C@](O)(C3CC3)[C@H]2O)c(=O)n1. The van der Waals surface area contributed by atoms with Crippen molar-refractivity contribution in [1.82, 2.24) is 9.55 Å². The number of aromatic nitrogens is 2. The van der Waals surface area contributed by atoms with Crippen LogP contribution < -0.4 is 11.4 Å². The molecular formula is C12H17N3O5. The van der Waals surface area contributed by atoms with Crippen LogP contribution in [0.2, 0.25) is 0 Å².